The van der Waals surface area contributed by atoms with Crippen molar-refractivity contribution in [1.29, 1.82) is 0 Å². The maximum absolute atomic E-state index is 10.6. The van der Waals surface area contributed by atoms with Crippen molar-refractivity contribution in [3.8, 4) is 0 Å². The van der Waals surface area contributed by atoms with Crippen molar-refractivity contribution in [3.63, 3.8) is 0 Å². The van der Waals surface area contributed by atoms with E-state index < -0.39 is 5.97 Å². The van der Waals surface area contributed by atoms with Gasteiger partial charge in [-0.25, -0.2) is 19.7 Å². The molecule has 0 fully saturated rings. The highest BCUT2D eigenvalue weighted by Crippen LogP contribution is 2.07. The summed E-state index contributed by atoms with van der Waals surface area (Å²) < 4.78 is 5.40. The van der Waals surface area contributed by atoms with Crippen LogP contribution in [0.15, 0.2) is 23.0 Å². The van der Waals surface area contributed by atoms with Crippen LogP contribution in [0.4, 0.5) is 5.82 Å². The van der Waals surface area contributed by atoms with E-state index in [4.69, 9.17) is 9.52 Å². The van der Waals surface area contributed by atoms with Crippen molar-refractivity contribution in [1.82, 2.24) is 15.0 Å². The van der Waals surface area contributed by atoms with Crippen LogP contribution in [0.25, 0.3) is 0 Å². The van der Waals surface area contributed by atoms with Crippen LogP contribution in [0.1, 0.15) is 29.1 Å². The molecule has 7 nitrogen and oxygen atoms in total. The van der Waals surface area contributed by atoms with Crippen molar-refractivity contribution >= 4 is 11.8 Å². The van der Waals surface area contributed by atoms with Crippen LogP contribution < -0.4 is 5.32 Å². The summed E-state index contributed by atoms with van der Waals surface area (Å²) >= 11 is 0. The van der Waals surface area contributed by atoms with Gasteiger partial charge in [0, 0.05) is 6.42 Å². The van der Waals surface area contributed by atoms with Gasteiger partial charge in [-0.1, -0.05) is 6.92 Å². The molecule has 2 aromatic rings. The Bertz CT molecular complexity index is 535. The first-order valence-corrected chi connectivity index (χ1v) is 5.42. The summed E-state index contributed by atoms with van der Waals surface area (Å²) in [4.78, 5) is 22.3. The number of carbonyl (C=O) groups is 1. The molecule has 0 aliphatic carbocycles. The van der Waals surface area contributed by atoms with Gasteiger partial charge in [0.2, 0.25) is 0 Å². The molecule has 2 rings (SSSR count). The monoisotopic (exact) mass is 248 g/mol. The number of nitrogens with zero attached hydrogens (tertiary/aromatic N) is 3. The second kappa shape index (κ2) is 5.26. The van der Waals surface area contributed by atoms with E-state index in [2.05, 4.69) is 20.3 Å². The fourth-order valence-electron chi connectivity index (χ4n) is 1.30. The summed E-state index contributed by atoms with van der Waals surface area (Å²) in [6.07, 6.45) is 4.95. The molecule has 2 aromatic heterocycles. The number of aromatic nitrogens is 3. The predicted molar refractivity (Wildman–Crippen MR) is 62.2 cm³/mol. The summed E-state index contributed by atoms with van der Waals surface area (Å²) in [5.74, 6) is 0.751. The Morgan fingerprint density at radius 3 is 2.72 bits per heavy atom. The van der Waals surface area contributed by atoms with Crippen LogP contribution in [-0.4, -0.2) is 26.0 Å². The molecule has 0 bridgehead atoms. The molecule has 18 heavy (non-hydrogen) atoms. The third kappa shape index (κ3) is 2.82. The summed E-state index contributed by atoms with van der Waals surface area (Å²) in [7, 11) is 0. The first-order valence-electron chi connectivity index (χ1n) is 5.42. The lowest BCUT2D eigenvalue weighted by Gasteiger charge is -2.02. The van der Waals surface area contributed by atoms with Crippen LogP contribution in [0, 0.1) is 0 Å². The number of carboxylic acid groups (broad SMARTS) is 1. The van der Waals surface area contributed by atoms with E-state index in [1.807, 2.05) is 6.92 Å². The second-order valence-electron chi connectivity index (χ2n) is 3.52. The van der Waals surface area contributed by atoms with Crippen LogP contribution in [0.2, 0.25) is 0 Å². The quantitative estimate of drug-likeness (QED) is 0.823. The summed E-state index contributed by atoms with van der Waals surface area (Å²) in [6, 6.07) is 0. The van der Waals surface area contributed by atoms with E-state index in [0.29, 0.717) is 24.0 Å². The van der Waals surface area contributed by atoms with Gasteiger partial charge in [-0.15, -0.1) is 0 Å². The Balaban J connectivity index is 1.95. The van der Waals surface area contributed by atoms with Crippen LogP contribution in [0.3, 0.4) is 0 Å². The van der Waals surface area contributed by atoms with Crippen molar-refractivity contribution in [2.75, 3.05) is 5.32 Å². The highest BCUT2D eigenvalue weighted by molar-refractivity contribution is 5.84. The molecular formula is C11H12N4O3. The molecule has 0 radical (unpaired) electrons. The topological polar surface area (TPSA) is 101 Å². The summed E-state index contributed by atoms with van der Waals surface area (Å²) in [6.45, 7) is 2.38. The van der Waals surface area contributed by atoms with E-state index in [1.165, 1.54) is 12.4 Å². The zero-order valence-corrected chi connectivity index (χ0v) is 9.75. The average molecular weight is 248 g/mol. The maximum atomic E-state index is 10.6. The van der Waals surface area contributed by atoms with E-state index in [-0.39, 0.29) is 5.69 Å². The van der Waals surface area contributed by atoms with Gasteiger partial charge < -0.3 is 14.8 Å². The Labute approximate surface area is 103 Å². The molecule has 94 valence electrons. The minimum absolute atomic E-state index is 0.0894. The highest BCUT2D eigenvalue weighted by Gasteiger charge is 2.05. The molecule has 0 atom stereocenters. The van der Waals surface area contributed by atoms with Crippen LogP contribution in [-0.2, 0) is 13.0 Å². The summed E-state index contributed by atoms with van der Waals surface area (Å²) in [5, 5.41) is 11.6. The van der Waals surface area contributed by atoms with Crippen LogP contribution in [0.5, 0.6) is 0 Å². The molecule has 2 heterocycles. The fraction of sp³-hybridized carbons (Fsp3) is 0.273. The Morgan fingerprint density at radius 2 is 2.17 bits per heavy atom. The number of aromatic carboxylic acids is 1. The fourth-order valence-corrected chi connectivity index (χ4v) is 1.30. The Kier molecular flexibility index (Phi) is 3.52. The van der Waals surface area contributed by atoms with E-state index >= 15 is 0 Å². The molecule has 0 spiro atoms. The second-order valence-corrected chi connectivity index (χ2v) is 3.52. The Hall–Kier alpha value is -2.44. The van der Waals surface area contributed by atoms with Crippen molar-refractivity contribution < 1.29 is 14.3 Å². The largest absolute Gasteiger partial charge is 0.476 e. The molecule has 0 amide bonds. The molecular weight excluding hydrogens is 236 g/mol. The molecule has 0 aliphatic heterocycles. The molecule has 7 heteroatoms. The number of rotatable bonds is 5. The van der Waals surface area contributed by atoms with Gasteiger partial charge in [0.25, 0.3) is 0 Å². The molecule has 0 saturated heterocycles. The molecule has 2 N–H and O–H groups in total. The van der Waals surface area contributed by atoms with Gasteiger partial charge >= 0.3 is 5.97 Å². The number of carboxylic acids is 1. The number of oxazole rings is 1. The zero-order chi connectivity index (χ0) is 13.0. The standard InChI is InChI=1S/C11H12N4O3/c1-2-10-15-4-7(18-10)3-13-9-6-12-8(5-14-9)11(16)17/h4-6H,2-3H2,1H3,(H,13,14)(H,16,17). The molecule has 0 unspecified atom stereocenters. The first kappa shape index (κ1) is 12.0. The predicted octanol–water partition coefficient (Wildman–Crippen LogP) is 1.34. The smallest absolute Gasteiger partial charge is 0.356 e. The molecule has 0 saturated carbocycles. The molecule has 0 aromatic carbocycles. The van der Waals surface area contributed by atoms with Crippen molar-refractivity contribution in [3.05, 3.63) is 35.9 Å². The molecule has 0 aliphatic rings. The maximum Gasteiger partial charge on any atom is 0.356 e. The normalized spacial score (nSPS) is 10.3. The lowest BCUT2D eigenvalue weighted by Crippen LogP contribution is -2.05. The van der Waals surface area contributed by atoms with E-state index in [1.54, 1.807) is 6.20 Å². The number of nitrogens with one attached hydrogen (secondary N) is 1. The van der Waals surface area contributed by atoms with Crippen molar-refractivity contribution in [2.45, 2.75) is 19.9 Å². The van der Waals surface area contributed by atoms with Gasteiger partial charge in [0.15, 0.2) is 11.6 Å². The first-order chi connectivity index (χ1) is 8.69. The van der Waals surface area contributed by atoms with Crippen molar-refractivity contribution in [2.24, 2.45) is 0 Å². The minimum Gasteiger partial charge on any atom is -0.476 e. The van der Waals surface area contributed by atoms with Gasteiger partial charge in [0.05, 0.1) is 25.1 Å². The number of aryl methyl sites for hydroxylation is 1. The highest BCUT2D eigenvalue weighted by atomic mass is 16.4. The van der Waals surface area contributed by atoms with Gasteiger partial charge in [-0.05, 0) is 0 Å². The Morgan fingerprint density at radius 1 is 1.33 bits per heavy atom. The van der Waals surface area contributed by atoms with Gasteiger partial charge in [-0.2, -0.15) is 0 Å². The van der Waals surface area contributed by atoms with Crippen LogP contribution >= 0.6 is 0 Å². The lowest BCUT2D eigenvalue weighted by atomic mass is 10.4. The van der Waals surface area contributed by atoms with E-state index in [0.717, 1.165) is 6.42 Å². The van der Waals surface area contributed by atoms with Gasteiger partial charge in [-0.3, -0.25) is 0 Å². The minimum atomic E-state index is -1.10. The number of anilines is 1. The third-order valence-corrected chi connectivity index (χ3v) is 2.22. The number of hydrogen-bond acceptors (Lipinski definition) is 6. The number of hydrogen-bond donors (Lipinski definition) is 2. The summed E-state index contributed by atoms with van der Waals surface area (Å²) in [5.41, 5.74) is -0.0894. The zero-order valence-electron chi connectivity index (χ0n) is 9.75. The third-order valence-electron chi connectivity index (χ3n) is 2.22. The lowest BCUT2D eigenvalue weighted by molar-refractivity contribution is 0.0690. The SMILES string of the molecule is CCc1ncc(CNc2cnc(C(=O)O)cn2)o1. The van der Waals surface area contributed by atoms with E-state index in [9.17, 15) is 4.79 Å². The average Bonchev–Trinajstić information content (AvgIpc) is 2.85. The van der Waals surface area contributed by atoms with Gasteiger partial charge in [0.1, 0.15) is 11.6 Å².